The van der Waals surface area contributed by atoms with Crippen LogP contribution in [-0.2, 0) is 26.2 Å². The van der Waals surface area contributed by atoms with Crippen molar-refractivity contribution in [3.63, 3.8) is 0 Å². The first kappa shape index (κ1) is 93.8. The third-order valence-corrected chi connectivity index (χ3v) is 0. The number of rotatable bonds is 0. The van der Waals surface area contributed by atoms with Gasteiger partial charge in [-0.15, -0.1) is 0 Å². The van der Waals surface area contributed by atoms with Crippen LogP contribution in [0.3, 0.4) is 0 Å². The second kappa shape index (κ2) is 66.4. The van der Waals surface area contributed by atoms with E-state index in [0.717, 1.165) is 0 Å². The summed E-state index contributed by atoms with van der Waals surface area (Å²) in [7, 11) is 0. The Bertz CT molecular complexity index is 32.2. The third kappa shape index (κ3) is 27300. The fourth-order valence-electron chi connectivity index (χ4n) is 0. The summed E-state index contributed by atoms with van der Waals surface area (Å²) < 4.78 is 0. The first-order valence-electron chi connectivity index (χ1n) is 0.548. The van der Waals surface area contributed by atoms with Crippen molar-refractivity contribution in [2.75, 3.05) is 0 Å². The molecule has 0 radical (unpaired) electrons. The van der Waals surface area contributed by atoms with Crippen molar-refractivity contribution in [1.29, 1.82) is 0 Å². The molecule has 0 bridgehead atoms. The van der Waals surface area contributed by atoms with Crippen LogP contribution in [0, 0.1) is 15.3 Å². The van der Waals surface area contributed by atoms with Gasteiger partial charge in [0.1, 0.15) is 0 Å². The Morgan fingerprint density at radius 1 is 0.800 bits per heavy atom. The van der Waals surface area contributed by atoms with E-state index in [0.29, 0.717) is 0 Å². The van der Waals surface area contributed by atoms with Crippen molar-refractivity contribution in [3.05, 3.63) is 15.3 Å². The molecule has 0 unspecified atom stereocenters. The van der Waals surface area contributed by atoms with Gasteiger partial charge in [0.15, 0.2) is 0 Å². The van der Waals surface area contributed by atoms with Crippen LogP contribution in [0.15, 0.2) is 0 Å². The van der Waals surface area contributed by atoms with Gasteiger partial charge in [0.05, 0.1) is 5.09 Å². The van der Waals surface area contributed by atoms with Gasteiger partial charge in [-0.25, -0.2) is 0 Å². The maximum atomic E-state index is 8.25. The van der Waals surface area contributed by atoms with Crippen LogP contribution in [0.5, 0.6) is 0 Å². The Labute approximate surface area is 74.4 Å². The van der Waals surface area contributed by atoms with E-state index in [2.05, 4.69) is 0 Å². The zero-order valence-corrected chi connectivity index (χ0v) is 7.13. The van der Waals surface area contributed by atoms with Gasteiger partial charge in [-0.2, -0.15) is 0 Å². The molecule has 0 aromatic heterocycles. The third-order valence-electron chi connectivity index (χ3n) is 0. The summed E-state index contributed by atoms with van der Waals surface area (Å²) in [6.45, 7) is 0. The molecule has 9 nitrogen and oxygen atoms in total. The molecule has 0 rings (SSSR count). The van der Waals surface area contributed by atoms with E-state index < -0.39 is 5.09 Å². The van der Waals surface area contributed by atoms with E-state index in [1.165, 1.54) is 0 Å². The Morgan fingerprint density at radius 2 is 0.800 bits per heavy atom. The fourth-order valence-corrected chi connectivity index (χ4v) is 0. The van der Waals surface area contributed by atoms with Crippen molar-refractivity contribution in [3.8, 4) is 0 Å². The van der Waals surface area contributed by atoms with Gasteiger partial charge in [0.25, 0.3) is 0 Å². The topological polar surface area (TPSA) is 224 Å². The van der Waals surface area contributed by atoms with Crippen molar-refractivity contribution in [1.82, 2.24) is 0 Å². The van der Waals surface area contributed by atoms with Gasteiger partial charge < -0.3 is 42.7 Å². The van der Waals surface area contributed by atoms with Gasteiger partial charge in [0.2, 0.25) is 0 Å². The average Bonchev–Trinajstić information content (AvgIpc) is 0.811. The Morgan fingerprint density at radius 3 is 0.800 bits per heavy atom. The molecule has 0 spiro atoms. The Hall–Kier alpha value is -0.117. The molecule has 0 aromatic rings. The van der Waals surface area contributed by atoms with E-state index in [-0.39, 0.29) is 53.6 Å². The molecule has 0 atom stereocenters. The monoisotopic (exact) mass is 242 g/mol. The minimum atomic E-state index is -1.75. The van der Waals surface area contributed by atoms with Crippen molar-refractivity contribution < 1.29 is 58.7 Å². The standard InChI is InChI=1S/NO3.5H2O.Zr/c2-1(3)4;;;;;;/h;5*1H2;/q-1;;;;;;+2. The molecule has 0 aromatic carbocycles. The van der Waals surface area contributed by atoms with Gasteiger partial charge in [-0.05, 0) is 0 Å². The summed E-state index contributed by atoms with van der Waals surface area (Å²) in [4.78, 5) is 8.25. The van der Waals surface area contributed by atoms with Gasteiger partial charge in [-0.3, -0.25) is 0 Å². The molecular weight excluding hydrogens is 233 g/mol. The summed E-state index contributed by atoms with van der Waals surface area (Å²) >= 11 is 0. The number of hydrogen-bond acceptors (Lipinski definition) is 3. The zero-order valence-electron chi connectivity index (χ0n) is 4.67. The smallest absolute Gasteiger partial charge is 0.412 e. The molecule has 10 heavy (non-hydrogen) atoms. The molecule has 0 heterocycles. The average molecular weight is 243 g/mol. The number of nitrogens with zero attached hydrogens (tertiary/aromatic N) is 1. The molecule has 0 saturated carbocycles. The summed E-state index contributed by atoms with van der Waals surface area (Å²) in [6, 6.07) is 0. The first-order chi connectivity index (χ1) is 1.73. The van der Waals surface area contributed by atoms with Crippen molar-refractivity contribution >= 4 is 0 Å². The molecule has 10 N–H and O–H groups in total. The van der Waals surface area contributed by atoms with E-state index in [1.54, 1.807) is 0 Å². The summed E-state index contributed by atoms with van der Waals surface area (Å²) in [5.74, 6) is 0. The number of hydrogen-bond donors (Lipinski definition) is 0. The molecule has 0 aliphatic carbocycles. The molecule has 0 amide bonds. The Balaban J connectivity index is -0.00000000300. The van der Waals surface area contributed by atoms with Crippen LogP contribution < -0.4 is 0 Å². The molecule has 0 aliphatic heterocycles. The second-order valence-corrected chi connectivity index (χ2v) is 0.224. The zero-order chi connectivity index (χ0) is 3.58. The molecular formula is H10NO8Zr+. The quantitative estimate of drug-likeness (QED) is 0.303. The van der Waals surface area contributed by atoms with Crippen LogP contribution in [0.25, 0.3) is 0 Å². The van der Waals surface area contributed by atoms with Crippen LogP contribution in [-0.4, -0.2) is 32.5 Å². The largest absolute Gasteiger partial charge is 2.00 e. The maximum Gasteiger partial charge on any atom is 2.00 e. The minimum absolute atomic E-state index is 0. The van der Waals surface area contributed by atoms with E-state index in [1.807, 2.05) is 0 Å². The molecule has 66 valence electrons. The molecule has 0 fully saturated rings. The van der Waals surface area contributed by atoms with Crippen molar-refractivity contribution in [2.24, 2.45) is 0 Å². The summed E-state index contributed by atoms with van der Waals surface area (Å²) in [5, 5.41) is 14.8. The normalized spacial score (nSPS) is 2.40. The van der Waals surface area contributed by atoms with Crippen LogP contribution in [0.4, 0.5) is 0 Å². The summed E-state index contributed by atoms with van der Waals surface area (Å²) in [5.41, 5.74) is 0. The van der Waals surface area contributed by atoms with Crippen LogP contribution in [0.2, 0.25) is 0 Å². The van der Waals surface area contributed by atoms with E-state index in [4.69, 9.17) is 15.3 Å². The van der Waals surface area contributed by atoms with Crippen molar-refractivity contribution in [2.45, 2.75) is 0 Å². The SMILES string of the molecule is O.O.O.O.O.O=[N+]([O-])[O-].[Zr+2]. The maximum absolute atomic E-state index is 8.25. The first-order valence-corrected chi connectivity index (χ1v) is 0.548. The predicted octanol–water partition coefficient (Wildman–Crippen LogP) is -4.37. The minimum Gasteiger partial charge on any atom is -0.412 e. The predicted molar refractivity (Wildman–Crippen MR) is 28.4 cm³/mol. The Kier molecular flexibility index (Phi) is 623. The molecule has 0 aliphatic rings. The molecule has 10 heteroatoms. The van der Waals surface area contributed by atoms with Crippen LogP contribution >= 0.6 is 0 Å². The molecule has 0 saturated heterocycles. The fraction of sp³-hybridized carbons (Fsp3) is 0. The summed E-state index contributed by atoms with van der Waals surface area (Å²) in [6.07, 6.45) is 0. The second-order valence-electron chi connectivity index (χ2n) is 0.224. The van der Waals surface area contributed by atoms with Gasteiger partial charge in [-0.1, -0.05) is 0 Å². The van der Waals surface area contributed by atoms with E-state index >= 15 is 0 Å². The van der Waals surface area contributed by atoms with E-state index in [9.17, 15) is 0 Å². The van der Waals surface area contributed by atoms with Gasteiger partial charge in [0, 0.05) is 0 Å². The van der Waals surface area contributed by atoms with Gasteiger partial charge >= 0.3 is 26.2 Å². The van der Waals surface area contributed by atoms with Crippen LogP contribution in [0.1, 0.15) is 0 Å².